The van der Waals surface area contributed by atoms with E-state index in [0.717, 1.165) is 17.5 Å². The van der Waals surface area contributed by atoms with Gasteiger partial charge in [0.05, 0.1) is 30.3 Å². The molecule has 18 heteroatoms. The lowest BCUT2D eigenvalue weighted by Crippen LogP contribution is -2.44. The Morgan fingerprint density at radius 2 is 1.96 bits per heavy atom. The summed E-state index contributed by atoms with van der Waals surface area (Å²) >= 11 is 0. The third-order valence-electron chi connectivity index (χ3n) is 8.95. The number of amides is 2. The van der Waals surface area contributed by atoms with Crippen molar-refractivity contribution in [3.63, 3.8) is 0 Å². The van der Waals surface area contributed by atoms with Crippen LogP contribution >= 0.6 is 0 Å². The number of aromatic nitrogens is 8. The minimum absolute atomic E-state index is 0.0400. The van der Waals surface area contributed by atoms with Crippen LogP contribution in [-0.4, -0.2) is 69.9 Å². The molecule has 2 aliphatic carbocycles. The maximum atomic E-state index is 14.1. The Balaban J connectivity index is 1.19. The number of alkyl halides is 5. The van der Waals surface area contributed by atoms with Crippen LogP contribution in [0.15, 0.2) is 35.5 Å². The van der Waals surface area contributed by atoms with Gasteiger partial charge in [0, 0.05) is 37.8 Å². The molecule has 0 radical (unpaired) electrons. The lowest BCUT2D eigenvalue weighted by Gasteiger charge is -2.33. The highest BCUT2D eigenvalue weighted by Crippen LogP contribution is 2.43. The standard InChI is InChI=1S/C27H27F5N10O3/c28-26(29)5-3-16(4-6-26)20(37-23(43)22-21(15-1-2-15)38-45-39-22)17-13-41-19(35-17)9-14(12-34-41)10-25(42-8-7-33-40-42)11-18(27(30,31)32)36-24(25)44/h7-9,12-13,15-16,18,20H,1-6,10-11H2,(H,36,44)(H,37,43)/t18-,20-,25+/m0/s1. The van der Waals surface area contributed by atoms with E-state index in [1.54, 1.807) is 12.3 Å². The van der Waals surface area contributed by atoms with Gasteiger partial charge >= 0.3 is 6.18 Å². The van der Waals surface area contributed by atoms with Gasteiger partial charge in [0.15, 0.2) is 11.3 Å². The number of fused-ring (bicyclic) bond motifs is 1. The summed E-state index contributed by atoms with van der Waals surface area (Å²) < 4.78 is 76.3. The molecule has 3 aliphatic rings. The lowest BCUT2D eigenvalue weighted by molar-refractivity contribution is -0.155. The van der Waals surface area contributed by atoms with E-state index in [1.807, 2.05) is 5.32 Å². The monoisotopic (exact) mass is 634 g/mol. The molecule has 45 heavy (non-hydrogen) atoms. The van der Waals surface area contributed by atoms with Crippen molar-refractivity contribution in [3.8, 4) is 0 Å². The Morgan fingerprint density at radius 3 is 2.62 bits per heavy atom. The number of halogens is 5. The molecule has 0 aromatic carbocycles. The molecule has 0 spiro atoms. The molecule has 0 bridgehead atoms. The molecular formula is C27H27F5N10O3. The number of nitrogens with one attached hydrogen (secondary N) is 2. The zero-order valence-electron chi connectivity index (χ0n) is 23.5. The quantitative estimate of drug-likeness (QED) is 0.278. The van der Waals surface area contributed by atoms with Crippen molar-refractivity contribution in [1.82, 2.24) is 50.5 Å². The second-order valence-corrected chi connectivity index (χ2v) is 12.1. The second-order valence-electron chi connectivity index (χ2n) is 12.1. The maximum Gasteiger partial charge on any atom is 0.408 e. The minimum atomic E-state index is -4.66. The van der Waals surface area contributed by atoms with E-state index in [0.29, 0.717) is 17.0 Å². The topological polar surface area (TPSA) is 158 Å². The Hall–Kier alpha value is -4.51. The molecular weight excluding hydrogens is 607 g/mol. The van der Waals surface area contributed by atoms with Crippen molar-refractivity contribution in [2.24, 2.45) is 5.92 Å². The van der Waals surface area contributed by atoms with Gasteiger partial charge in [-0.3, -0.25) is 9.59 Å². The summed E-state index contributed by atoms with van der Waals surface area (Å²) in [7, 11) is 0. The molecule has 4 aromatic heterocycles. The summed E-state index contributed by atoms with van der Waals surface area (Å²) in [6.45, 7) is 0. The predicted octanol–water partition coefficient (Wildman–Crippen LogP) is 3.27. The van der Waals surface area contributed by atoms with Crippen LogP contribution in [0, 0.1) is 5.92 Å². The first-order valence-electron chi connectivity index (χ1n) is 14.5. The molecule has 3 fully saturated rings. The van der Waals surface area contributed by atoms with Crippen LogP contribution < -0.4 is 10.6 Å². The smallest absolute Gasteiger partial charge is 0.342 e. The number of imidazole rings is 1. The van der Waals surface area contributed by atoms with Crippen molar-refractivity contribution in [3.05, 3.63) is 53.5 Å². The van der Waals surface area contributed by atoms with Gasteiger partial charge in [-0.1, -0.05) is 10.4 Å². The normalized spacial score (nSPS) is 24.6. The fraction of sp³-hybridized carbons (Fsp3) is 0.556. The zero-order chi connectivity index (χ0) is 31.6. The van der Waals surface area contributed by atoms with Crippen LogP contribution in [0.25, 0.3) is 5.65 Å². The number of nitrogens with zero attached hydrogens (tertiary/aromatic N) is 8. The fourth-order valence-corrected chi connectivity index (χ4v) is 6.37. The van der Waals surface area contributed by atoms with Crippen molar-refractivity contribution in [2.45, 2.75) is 87.0 Å². The third-order valence-corrected chi connectivity index (χ3v) is 8.95. The Kier molecular flexibility index (Phi) is 6.85. The average Bonchev–Trinajstić information content (AvgIpc) is 3.39. The Labute approximate surface area is 250 Å². The first-order chi connectivity index (χ1) is 21.4. The molecule has 5 heterocycles. The summed E-state index contributed by atoms with van der Waals surface area (Å²) in [5.74, 6) is -4.51. The number of rotatable bonds is 8. The molecule has 2 N–H and O–H groups in total. The van der Waals surface area contributed by atoms with E-state index in [9.17, 15) is 31.5 Å². The summed E-state index contributed by atoms with van der Waals surface area (Å²) in [6.07, 6.45) is 1.40. The van der Waals surface area contributed by atoms with Gasteiger partial charge in [-0.15, -0.1) is 5.10 Å². The van der Waals surface area contributed by atoms with Gasteiger partial charge in [-0.2, -0.15) is 18.3 Å². The second kappa shape index (κ2) is 10.5. The van der Waals surface area contributed by atoms with E-state index < -0.39 is 48.0 Å². The van der Waals surface area contributed by atoms with E-state index in [4.69, 9.17) is 4.63 Å². The van der Waals surface area contributed by atoms with Crippen molar-refractivity contribution >= 4 is 17.5 Å². The van der Waals surface area contributed by atoms with Crippen molar-refractivity contribution in [2.75, 3.05) is 0 Å². The van der Waals surface area contributed by atoms with Gasteiger partial charge in [-0.05, 0) is 48.4 Å². The maximum absolute atomic E-state index is 14.1. The Morgan fingerprint density at radius 1 is 1.18 bits per heavy atom. The highest BCUT2D eigenvalue weighted by Gasteiger charge is 2.57. The van der Waals surface area contributed by atoms with E-state index in [1.165, 1.54) is 23.1 Å². The van der Waals surface area contributed by atoms with Gasteiger partial charge in [0.1, 0.15) is 17.3 Å². The van der Waals surface area contributed by atoms with E-state index >= 15 is 0 Å². The molecule has 2 amide bonds. The van der Waals surface area contributed by atoms with Crippen LogP contribution in [0.1, 0.15) is 84.3 Å². The van der Waals surface area contributed by atoms with Crippen LogP contribution in [0.3, 0.4) is 0 Å². The molecule has 2 saturated carbocycles. The molecule has 4 aromatic rings. The summed E-state index contributed by atoms with van der Waals surface area (Å²) in [4.78, 5) is 31.0. The fourth-order valence-electron chi connectivity index (χ4n) is 6.37. The molecule has 7 rings (SSSR count). The predicted molar refractivity (Wildman–Crippen MR) is 141 cm³/mol. The number of carbonyl (C=O) groups excluding carboxylic acids is 2. The number of hydrogen-bond donors (Lipinski definition) is 2. The van der Waals surface area contributed by atoms with Crippen molar-refractivity contribution < 1.29 is 36.2 Å². The van der Waals surface area contributed by atoms with Gasteiger partial charge in [0.2, 0.25) is 11.8 Å². The summed E-state index contributed by atoms with van der Waals surface area (Å²) in [5, 5.41) is 24.5. The van der Waals surface area contributed by atoms with Crippen LogP contribution in [0.5, 0.6) is 0 Å². The molecule has 238 valence electrons. The van der Waals surface area contributed by atoms with Crippen LogP contribution in [-0.2, 0) is 16.8 Å². The lowest BCUT2D eigenvalue weighted by atomic mass is 9.81. The molecule has 1 aliphatic heterocycles. The highest BCUT2D eigenvalue weighted by atomic mass is 19.4. The molecule has 13 nitrogen and oxygen atoms in total. The highest BCUT2D eigenvalue weighted by molar-refractivity contribution is 5.93. The Bertz CT molecular complexity index is 1720. The van der Waals surface area contributed by atoms with E-state index in [-0.39, 0.29) is 55.3 Å². The number of carbonyl (C=O) groups is 2. The molecule has 1 saturated heterocycles. The largest absolute Gasteiger partial charge is 0.408 e. The van der Waals surface area contributed by atoms with Gasteiger partial charge in [0.25, 0.3) is 5.91 Å². The SMILES string of the molecule is O=C(N[C@H](c1cn2ncc(C[C@@]3(n4ccnn4)C[C@@H](C(F)(F)F)NC3=O)cc2n1)C1CCC(F)(F)CC1)c1nonc1C1CC1. The molecule has 3 atom stereocenters. The summed E-state index contributed by atoms with van der Waals surface area (Å²) in [5.41, 5.74) is -0.195. The number of hydrogen-bond acceptors (Lipinski definition) is 9. The van der Waals surface area contributed by atoms with Crippen LogP contribution in [0.2, 0.25) is 0 Å². The van der Waals surface area contributed by atoms with Crippen LogP contribution in [0.4, 0.5) is 22.0 Å². The van der Waals surface area contributed by atoms with Crippen molar-refractivity contribution in [1.29, 1.82) is 0 Å². The molecule has 0 unspecified atom stereocenters. The first-order valence-corrected chi connectivity index (χ1v) is 14.5. The zero-order valence-corrected chi connectivity index (χ0v) is 23.5. The van der Waals surface area contributed by atoms with E-state index in [2.05, 4.69) is 36.0 Å². The average molecular weight is 635 g/mol. The summed E-state index contributed by atoms with van der Waals surface area (Å²) in [6, 6.07) is -1.28. The van der Waals surface area contributed by atoms with Gasteiger partial charge < -0.3 is 10.6 Å². The van der Waals surface area contributed by atoms with Gasteiger partial charge in [-0.25, -0.2) is 27.6 Å². The minimum Gasteiger partial charge on any atom is -0.342 e. The first kappa shape index (κ1) is 29.2. The third kappa shape index (κ3) is 5.50.